The Morgan fingerprint density at radius 3 is 3.12 bits per heavy atom. The van der Waals surface area contributed by atoms with Crippen LogP contribution in [0.1, 0.15) is 33.4 Å². The van der Waals surface area contributed by atoms with Gasteiger partial charge < -0.3 is 10.2 Å². The molecule has 5 heteroatoms. The summed E-state index contributed by atoms with van der Waals surface area (Å²) in [6.07, 6.45) is 2.45. The van der Waals surface area contributed by atoms with Crippen LogP contribution in [0.25, 0.3) is 0 Å². The van der Waals surface area contributed by atoms with Crippen molar-refractivity contribution in [3.8, 4) is 0 Å². The van der Waals surface area contributed by atoms with Crippen molar-refractivity contribution in [2.75, 3.05) is 24.7 Å². The van der Waals surface area contributed by atoms with Gasteiger partial charge in [-0.2, -0.15) is 0 Å². The van der Waals surface area contributed by atoms with Crippen LogP contribution in [0.5, 0.6) is 0 Å². The van der Waals surface area contributed by atoms with Crippen molar-refractivity contribution in [3.05, 3.63) is 21.9 Å². The molecule has 2 fully saturated rings. The van der Waals surface area contributed by atoms with E-state index >= 15 is 0 Å². The van der Waals surface area contributed by atoms with E-state index in [2.05, 4.69) is 11.4 Å². The first-order valence-corrected chi connectivity index (χ1v) is 8.02. The van der Waals surface area contributed by atoms with Crippen LogP contribution in [0, 0.1) is 0 Å². The minimum atomic E-state index is 0.212. The maximum absolute atomic E-state index is 12.2. The molecule has 2 aliphatic heterocycles. The highest BCUT2D eigenvalue weighted by molar-refractivity contribution is 7.99. The van der Waals surface area contributed by atoms with Crippen LogP contribution in [-0.4, -0.2) is 35.5 Å². The fourth-order valence-electron chi connectivity index (χ4n) is 2.31. The number of thioether (sulfide) groups is 1. The Labute approximate surface area is 110 Å². The maximum atomic E-state index is 12.2. The highest BCUT2D eigenvalue weighted by Crippen LogP contribution is 2.30. The summed E-state index contributed by atoms with van der Waals surface area (Å²) in [5.74, 6) is 2.14. The first kappa shape index (κ1) is 11.6. The number of nitrogens with zero attached hydrogens (tertiary/aromatic N) is 1. The summed E-state index contributed by atoms with van der Waals surface area (Å²) in [6, 6.07) is 4.59. The second-order valence-electron chi connectivity index (χ2n) is 4.46. The van der Waals surface area contributed by atoms with E-state index in [1.54, 1.807) is 11.3 Å². The summed E-state index contributed by atoms with van der Waals surface area (Å²) in [6.45, 7) is 2.01. The van der Waals surface area contributed by atoms with Gasteiger partial charge in [0.05, 0.1) is 10.8 Å². The minimum Gasteiger partial charge on any atom is -0.328 e. The summed E-state index contributed by atoms with van der Waals surface area (Å²) in [4.78, 5) is 16.3. The van der Waals surface area contributed by atoms with Crippen LogP contribution in [-0.2, 0) is 0 Å². The van der Waals surface area contributed by atoms with E-state index < -0.39 is 0 Å². The third-order valence-electron chi connectivity index (χ3n) is 3.28. The van der Waals surface area contributed by atoms with Crippen molar-refractivity contribution in [1.29, 1.82) is 0 Å². The molecule has 0 saturated carbocycles. The smallest absolute Gasteiger partial charge is 0.264 e. The quantitative estimate of drug-likeness (QED) is 0.893. The molecule has 0 spiro atoms. The first-order chi connectivity index (χ1) is 8.34. The molecule has 0 bridgehead atoms. The lowest BCUT2D eigenvalue weighted by atomic mass is 10.2. The second-order valence-corrected chi connectivity index (χ2v) is 6.65. The molecule has 1 amide bonds. The van der Waals surface area contributed by atoms with Gasteiger partial charge in [-0.25, -0.2) is 0 Å². The molecule has 3 nitrogen and oxygen atoms in total. The Morgan fingerprint density at radius 1 is 1.47 bits per heavy atom. The lowest BCUT2D eigenvalue weighted by Crippen LogP contribution is -2.26. The van der Waals surface area contributed by atoms with E-state index in [9.17, 15) is 4.79 Å². The largest absolute Gasteiger partial charge is 0.328 e. The minimum absolute atomic E-state index is 0.212. The molecule has 3 heterocycles. The molecule has 3 rings (SSSR count). The summed E-state index contributed by atoms with van der Waals surface area (Å²) in [5.41, 5.74) is 0. The molecule has 2 aliphatic rings. The van der Waals surface area contributed by atoms with Crippen molar-refractivity contribution in [1.82, 2.24) is 10.2 Å². The van der Waals surface area contributed by atoms with E-state index in [0.29, 0.717) is 6.04 Å². The molecular formula is C12H16N2OS2. The zero-order valence-electron chi connectivity index (χ0n) is 9.65. The Bertz CT molecular complexity index is 406. The summed E-state index contributed by atoms with van der Waals surface area (Å²) in [5, 5.41) is 3.48. The number of rotatable bonds is 2. The van der Waals surface area contributed by atoms with Crippen LogP contribution in [0.2, 0.25) is 0 Å². The molecular weight excluding hydrogens is 252 g/mol. The summed E-state index contributed by atoms with van der Waals surface area (Å²) >= 11 is 3.50. The maximum Gasteiger partial charge on any atom is 0.264 e. The lowest BCUT2D eigenvalue weighted by Gasteiger charge is -2.12. The fourth-order valence-corrected chi connectivity index (χ4v) is 4.34. The molecule has 0 aliphatic carbocycles. The van der Waals surface area contributed by atoms with Gasteiger partial charge in [0, 0.05) is 23.2 Å². The normalized spacial score (nSPS) is 24.5. The lowest BCUT2D eigenvalue weighted by molar-refractivity contribution is 0.0807. The Morgan fingerprint density at radius 2 is 2.41 bits per heavy atom. The number of carbonyl (C=O) groups is 1. The topological polar surface area (TPSA) is 32.3 Å². The SMILES string of the molecule is O=C(c1ccc(C2CCCN2)s1)N1CCSC1. The Hall–Kier alpha value is -0.520. The van der Waals surface area contributed by atoms with Crippen LogP contribution in [0.3, 0.4) is 0 Å². The van der Waals surface area contributed by atoms with Gasteiger partial charge in [-0.15, -0.1) is 23.1 Å². The zero-order chi connectivity index (χ0) is 11.7. The molecule has 1 aromatic heterocycles. The number of carbonyl (C=O) groups excluding carboxylic acids is 1. The molecule has 0 aromatic carbocycles. The van der Waals surface area contributed by atoms with E-state index in [0.717, 1.165) is 29.6 Å². The zero-order valence-corrected chi connectivity index (χ0v) is 11.3. The second kappa shape index (κ2) is 5.00. The molecule has 17 heavy (non-hydrogen) atoms. The predicted octanol–water partition coefficient (Wildman–Crippen LogP) is 2.32. The van der Waals surface area contributed by atoms with Gasteiger partial charge in [0.15, 0.2) is 0 Å². The third-order valence-corrected chi connectivity index (χ3v) is 5.43. The van der Waals surface area contributed by atoms with Gasteiger partial charge in [-0.3, -0.25) is 4.79 Å². The monoisotopic (exact) mass is 268 g/mol. The standard InChI is InChI=1S/C12H16N2OS2/c15-12(14-6-7-16-8-14)11-4-3-10(17-11)9-2-1-5-13-9/h3-4,9,13H,1-2,5-8H2. The molecule has 1 aromatic rings. The van der Waals surface area contributed by atoms with Crippen LogP contribution in [0.15, 0.2) is 12.1 Å². The van der Waals surface area contributed by atoms with Gasteiger partial charge in [0.2, 0.25) is 0 Å². The fraction of sp³-hybridized carbons (Fsp3) is 0.583. The number of hydrogen-bond donors (Lipinski definition) is 1. The first-order valence-electron chi connectivity index (χ1n) is 6.05. The predicted molar refractivity (Wildman–Crippen MR) is 72.7 cm³/mol. The van der Waals surface area contributed by atoms with Crippen LogP contribution >= 0.6 is 23.1 Å². The van der Waals surface area contributed by atoms with Gasteiger partial charge >= 0.3 is 0 Å². The Kier molecular flexibility index (Phi) is 3.40. The van der Waals surface area contributed by atoms with E-state index in [4.69, 9.17) is 0 Å². The van der Waals surface area contributed by atoms with Crippen LogP contribution < -0.4 is 5.32 Å². The number of hydrogen-bond acceptors (Lipinski definition) is 4. The van der Waals surface area contributed by atoms with Crippen molar-refractivity contribution in [2.24, 2.45) is 0 Å². The van der Waals surface area contributed by atoms with E-state index in [1.165, 1.54) is 17.7 Å². The molecule has 92 valence electrons. The molecule has 1 atom stereocenters. The van der Waals surface area contributed by atoms with Gasteiger partial charge in [-0.05, 0) is 31.5 Å². The van der Waals surface area contributed by atoms with E-state index in [-0.39, 0.29) is 5.91 Å². The average molecular weight is 268 g/mol. The summed E-state index contributed by atoms with van der Waals surface area (Å²) < 4.78 is 0. The van der Waals surface area contributed by atoms with Gasteiger partial charge in [0.25, 0.3) is 5.91 Å². The number of amides is 1. The van der Waals surface area contributed by atoms with Crippen molar-refractivity contribution in [2.45, 2.75) is 18.9 Å². The Balaban J connectivity index is 1.72. The van der Waals surface area contributed by atoms with Crippen molar-refractivity contribution >= 4 is 29.0 Å². The average Bonchev–Trinajstić information content (AvgIpc) is 3.09. The molecule has 1 N–H and O–H groups in total. The molecule has 2 saturated heterocycles. The van der Waals surface area contributed by atoms with Gasteiger partial charge in [-0.1, -0.05) is 0 Å². The summed E-state index contributed by atoms with van der Waals surface area (Å²) in [7, 11) is 0. The number of thiophene rings is 1. The van der Waals surface area contributed by atoms with Crippen LogP contribution in [0.4, 0.5) is 0 Å². The van der Waals surface area contributed by atoms with Gasteiger partial charge in [0.1, 0.15) is 0 Å². The molecule has 0 radical (unpaired) electrons. The van der Waals surface area contributed by atoms with E-state index in [1.807, 2.05) is 22.7 Å². The van der Waals surface area contributed by atoms with Crippen molar-refractivity contribution in [3.63, 3.8) is 0 Å². The number of nitrogens with one attached hydrogen (secondary N) is 1. The third kappa shape index (κ3) is 2.37. The molecule has 1 unspecified atom stereocenters. The highest BCUT2D eigenvalue weighted by atomic mass is 32.2. The van der Waals surface area contributed by atoms with Crippen molar-refractivity contribution < 1.29 is 4.79 Å². The highest BCUT2D eigenvalue weighted by Gasteiger charge is 2.23.